The van der Waals surface area contributed by atoms with Gasteiger partial charge in [-0.2, -0.15) is 13.2 Å². The van der Waals surface area contributed by atoms with Crippen molar-refractivity contribution in [3.05, 3.63) is 11.9 Å². The van der Waals surface area contributed by atoms with Gasteiger partial charge in [-0.1, -0.05) is 6.92 Å². The maximum atomic E-state index is 12.6. The highest BCUT2D eigenvalue weighted by Crippen LogP contribution is 2.29. The van der Waals surface area contributed by atoms with E-state index in [4.69, 9.17) is 5.73 Å². The minimum absolute atomic E-state index is 0.0883. The molecule has 4 nitrogen and oxygen atoms in total. The average Bonchev–Trinajstić information content (AvgIpc) is 2.27. The molecule has 18 heavy (non-hydrogen) atoms. The van der Waals surface area contributed by atoms with Crippen molar-refractivity contribution < 1.29 is 13.2 Å². The molecule has 7 heteroatoms. The van der Waals surface area contributed by atoms with Gasteiger partial charge in [-0.15, -0.1) is 0 Å². The third kappa shape index (κ3) is 3.24. The van der Waals surface area contributed by atoms with Gasteiger partial charge < -0.3 is 10.6 Å². The minimum Gasteiger partial charge on any atom is -0.384 e. The zero-order valence-corrected chi connectivity index (χ0v) is 10.6. The van der Waals surface area contributed by atoms with Gasteiger partial charge >= 0.3 is 6.18 Å². The number of nitrogens with two attached hydrogens (primary N) is 1. The van der Waals surface area contributed by atoms with Crippen LogP contribution in [0.2, 0.25) is 0 Å². The monoisotopic (exact) mass is 262 g/mol. The molecule has 0 aliphatic carbocycles. The fourth-order valence-electron chi connectivity index (χ4n) is 1.65. The molecule has 1 atom stereocenters. The summed E-state index contributed by atoms with van der Waals surface area (Å²) < 4.78 is 37.8. The van der Waals surface area contributed by atoms with Crippen LogP contribution in [0, 0.1) is 0 Å². The lowest BCUT2D eigenvalue weighted by atomic mass is 10.2. The summed E-state index contributed by atoms with van der Waals surface area (Å²) in [5.41, 5.74) is 5.41. The second-order valence-corrected chi connectivity index (χ2v) is 4.02. The molecule has 0 saturated heterocycles. The Bertz CT molecular complexity index is 406. The standard InChI is InChI=1S/C11H17F3N4/c1-4-7(3)18(5-2)9-6-8(15)16-10(17-9)11(12,13)14/h6-7H,4-5H2,1-3H3,(H2,15,16,17). The fraction of sp³-hybridized carbons (Fsp3) is 0.636. The van der Waals surface area contributed by atoms with Crippen LogP contribution in [0.1, 0.15) is 33.0 Å². The molecule has 1 unspecified atom stereocenters. The normalized spacial score (nSPS) is 13.4. The number of halogens is 3. The minimum atomic E-state index is -4.58. The SMILES string of the molecule is CCC(C)N(CC)c1cc(N)nc(C(F)(F)F)n1. The highest BCUT2D eigenvalue weighted by Gasteiger charge is 2.35. The quantitative estimate of drug-likeness (QED) is 0.906. The smallest absolute Gasteiger partial charge is 0.384 e. The lowest BCUT2D eigenvalue weighted by molar-refractivity contribution is -0.144. The van der Waals surface area contributed by atoms with Gasteiger partial charge in [-0.05, 0) is 20.3 Å². The molecule has 2 N–H and O–H groups in total. The van der Waals surface area contributed by atoms with E-state index in [0.717, 1.165) is 6.42 Å². The summed E-state index contributed by atoms with van der Waals surface area (Å²) >= 11 is 0. The van der Waals surface area contributed by atoms with Gasteiger partial charge in [0, 0.05) is 18.7 Å². The van der Waals surface area contributed by atoms with Crippen molar-refractivity contribution in [3.63, 3.8) is 0 Å². The first kappa shape index (κ1) is 14.5. The lowest BCUT2D eigenvalue weighted by Crippen LogP contribution is -2.33. The first-order valence-corrected chi connectivity index (χ1v) is 5.78. The molecule has 0 radical (unpaired) electrons. The van der Waals surface area contributed by atoms with Gasteiger partial charge in [-0.3, -0.25) is 0 Å². The van der Waals surface area contributed by atoms with Crippen LogP contribution in [-0.4, -0.2) is 22.6 Å². The van der Waals surface area contributed by atoms with Crippen molar-refractivity contribution in [1.29, 1.82) is 0 Å². The summed E-state index contributed by atoms with van der Waals surface area (Å²) in [5, 5.41) is 0. The van der Waals surface area contributed by atoms with Gasteiger partial charge in [0.2, 0.25) is 5.82 Å². The number of hydrogen-bond acceptors (Lipinski definition) is 4. The van der Waals surface area contributed by atoms with Crippen LogP contribution in [0.3, 0.4) is 0 Å². The molecule has 1 aromatic heterocycles. The Morgan fingerprint density at radius 2 is 1.94 bits per heavy atom. The first-order chi connectivity index (χ1) is 8.29. The Balaban J connectivity index is 3.20. The zero-order valence-electron chi connectivity index (χ0n) is 10.6. The molecule has 1 aromatic rings. The fourth-order valence-corrected chi connectivity index (χ4v) is 1.65. The third-order valence-electron chi connectivity index (χ3n) is 2.74. The summed E-state index contributed by atoms with van der Waals surface area (Å²) in [6, 6.07) is 1.45. The molecule has 0 spiro atoms. The molecule has 1 heterocycles. The number of aromatic nitrogens is 2. The molecule has 0 aliphatic rings. The van der Waals surface area contributed by atoms with E-state index < -0.39 is 12.0 Å². The van der Waals surface area contributed by atoms with Crippen molar-refractivity contribution in [2.45, 2.75) is 39.4 Å². The van der Waals surface area contributed by atoms with Gasteiger partial charge in [0.25, 0.3) is 0 Å². The lowest BCUT2D eigenvalue weighted by Gasteiger charge is -2.28. The van der Waals surface area contributed by atoms with Gasteiger partial charge in [0.05, 0.1) is 0 Å². The molecule has 102 valence electrons. The number of hydrogen-bond donors (Lipinski definition) is 1. The van der Waals surface area contributed by atoms with E-state index in [0.29, 0.717) is 6.54 Å². The predicted molar refractivity (Wildman–Crippen MR) is 64.2 cm³/mol. The highest BCUT2D eigenvalue weighted by molar-refractivity contribution is 5.47. The molecular formula is C11H17F3N4. The molecule has 0 aromatic carbocycles. The largest absolute Gasteiger partial charge is 0.451 e. The Morgan fingerprint density at radius 3 is 2.39 bits per heavy atom. The van der Waals surface area contributed by atoms with Crippen LogP contribution < -0.4 is 10.6 Å². The van der Waals surface area contributed by atoms with Crippen LogP contribution in [0.5, 0.6) is 0 Å². The number of rotatable bonds is 4. The van der Waals surface area contributed by atoms with E-state index in [-0.39, 0.29) is 17.7 Å². The van der Waals surface area contributed by atoms with Gasteiger partial charge in [0.1, 0.15) is 11.6 Å². The van der Waals surface area contributed by atoms with Crippen molar-refractivity contribution in [1.82, 2.24) is 9.97 Å². The summed E-state index contributed by atoms with van der Waals surface area (Å²) in [4.78, 5) is 8.55. The first-order valence-electron chi connectivity index (χ1n) is 5.78. The number of nitrogen functional groups attached to an aromatic ring is 1. The van der Waals surface area contributed by atoms with Crippen LogP contribution in [0.4, 0.5) is 24.8 Å². The van der Waals surface area contributed by atoms with Crippen LogP contribution in [0.15, 0.2) is 6.07 Å². The molecule has 1 rings (SSSR count). The molecule has 0 aliphatic heterocycles. The predicted octanol–water partition coefficient (Wildman–Crippen LogP) is 2.70. The Kier molecular flexibility index (Phi) is 4.37. The maximum absolute atomic E-state index is 12.6. The van der Waals surface area contributed by atoms with E-state index in [1.54, 1.807) is 4.90 Å². The summed E-state index contributed by atoms with van der Waals surface area (Å²) in [6.07, 6.45) is -3.78. The topological polar surface area (TPSA) is 55.0 Å². The van der Waals surface area contributed by atoms with E-state index in [1.807, 2.05) is 20.8 Å². The molecule has 0 saturated carbocycles. The Labute approximate surface area is 104 Å². The maximum Gasteiger partial charge on any atom is 0.451 e. The second-order valence-electron chi connectivity index (χ2n) is 4.02. The van der Waals surface area contributed by atoms with Crippen molar-refractivity contribution in [2.24, 2.45) is 0 Å². The summed E-state index contributed by atoms with van der Waals surface area (Å²) in [6.45, 7) is 6.30. The van der Waals surface area contributed by atoms with E-state index in [9.17, 15) is 13.2 Å². The number of anilines is 2. The van der Waals surface area contributed by atoms with E-state index in [1.165, 1.54) is 6.07 Å². The molecule has 0 amide bonds. The van der Waals surface area contributed by atoms with Crippen molar-refractivity contribution in [3.8, 4) is 0 Å². The van der Waals surface area contributed by atoms with E-state index in [2.05, 4.69) is 9.97 Å². The van der Waals surface area contributed by atoms with Crippen LogP contribution >= 0.6 is 0 Å². The van der Waals surface area contributed by atoms with E-state index >= 15 is 0 Å². The summed E-state index contributed by atoms with van der Waals surface area (Å²) in [7, 11) is 0. The second kappa shape index (κ2) is 5.41. The van der Waals surface area contributed by atoms with Crippen LogP contribution in [0.25, 0.3) is 0 Å². The average molecular weight is 262 g/mol. The number of nitrogens with zero attached hydrogens (tertiary/aromatic N) is 3. The van der Waals surface area contributed by atoms with Crippen molar-refractivity contribution in [2.75, 3.05) is 17.2 Å². The van der Waals surface area contributed by atoms with Crippen molar-refractivity contribution >= 4 is 11.6 Å². The van der Waals surface area contributed by atoms with Gasteiger partial charge in [0.15, 0.2) is 0 Å². The molecule has 0 fully saturated rings. The Morgan fingerprint density at radius 1 is 1.33 bits per heavy atom. The third-order valence-corrected chi connectivity index (χ3v) is 2.74. The van der Waals surface area contributed by atoms with Gasteiger partial charge in [-0.25, -0.2) is 9.97 Å². The summed E-state index contributed by atoms with van der Waals surface area (Å²) in [5.74, 6) is -1.15. The molecule has 0 bridgehead atoms. The van der Waals surface area contributed by atoms with Crippen LogP contribution in [-0.2, 0) is 6.18 Å². The molecular weight excluding hydrogens is 245 g/mol. The zero-order chi connectivity index (χ0) is 13.9. The number of alkyl halides is 3. The highest BCUT2D eigenvalue weighted by atomic mass is 19.4. The Hall–Kier alpha value is -1.53.